The van der Waals surface area contributed by atoms with Crippen molar-refractivity contribution in [3.05, 3.63) is 35.9 Å². The van der Waals surface area contributed by atoms with Crippen LogP contribution in [0.15, 0.2) is 35.3 Å². The molecule has 7 nitrogen and oxygen atoms in total. The summed E-state index contributed by atoms with van der Waals surface area (Å²) >= 11 is 0. The van der Waals surface area contributed by atoms with Crippen molar-refractivity contribution in [2.45, 2.75) is 39.3 Å². The van der Waals surface area contributed by atoms with Crippen LogP contribution >= 0.6 is 0 Å². The average molecular weight is 390 g/mol. The summed E-state index contributed by atoms with van der Waals surface area (Å²) in [7, 11) is 0. The zero-order valence-corrected chi connectivity index (χ0v) is 17.5. The zero-order valence-electron chi connectivity index (χ0n) is 17.5. The molecule has 156 valence electrons. The van der Waals surface area contributed by atoms with E-state index in [9.17, 15) is 4.79 Å². The number of benzene rings is 1. The number of hydrogen-bond donors (Lipinski definition) is 3. The van der Waals surface area contributed by atoms with Gasteiger partial charge in [0.2, 0.25) is 5.91 Å². The van der Waals surface area contributed by atoms with Gasteiger partial charge >= 0.3 is 0 Å². The first-order valence-electron chi connectivity index (χ1n) is 10.2. The third-order valence-corrected chi connectivity index (χ3v) is 4.81. The number of aliphatic imine (C=N–C) groups is 1. The molecule has 0 aromatic heterocycles. The van der Waals surface area contributed by atoms with Crippen molar-refractivity contribution >= 4 is 11.9 Å². The molecule has 0 spiro atoms. The Bertz CT molecular complexity index is 612. The highest BCUT2D eigenvalue weighted by Crippen LogP contribution is 2.16. The van der Waals surface area contributed by atoms with Crippen LogP contribution in [0.5, 0.6) is 0 Å². The quantitative estimate of drug-likeness (QED) is 0.439. The maximum atomic E-state index is 12.0. The van der Waals surface area contributed by atoms with Crippen LogP contribution in [0, 0.1) is 0 Å². The maximum Gasteiger partial charge on any atom is 0.222 e. The summed E-state index contributed by atoms with van der Waals surface area (Å²) in [5.74, 6) is 0.778. The van der Waals surface area contributed by atoms with Crippen molar-refractivity contribution in [1.29, 1.82) is 0 Å². The summed E-state index contributed by atoms with van der Waals surface area (Å²) < 4.78 is 5.44. The highest BCUT2D eigenvalue weighted by molar-refractivity contribution is 5.81. The van der Waals surface area contributed by atoms with Gasteiger partial charge in [-0.05, 0) is 26.3 Å². The second kappa shape index (κ2) is 11.7. The molecule has 1 aromatic rings. The summed E-state index contributed by atoms with van der Waals surface area (Å²) in [6, 6.07) is 9.92. The van der Waals surface area contributed by atoms with Crippen molar-refractivity contribution < 1.29 is 9.53 Å². The topological polar surface area (TPSA) is 78.0 Å². The third-order valence-electron chi connectivity index (χ3n) is 4.81. The molecule has 28 heavy (non-hydrogen) atoms. The second-order valence-corrected chi connectivity index (χ2v) is 7.55. The Hall–Kier alpha value is -2.12. The first-order valence-corrected chi connectivity index (χ1v) is 10.2. The number of guanidine groups is 1. The second-order valence-electron chi connectivity index (χ2n) is 7.55. The number of nitrogens with zero attached hydrogens (tertiary/aromatic N) is 2. The van der Waals surface area contributed by atoms with Gasteiger partial charge in [-0.2, -0.15) is 0 Å². The molecule has 0 atom stereocenters. The lowest BCUT2D eigenvalue weighted by atomic mass is 10.0. The van der Waals surface area contributed by atoms with E-state index in [0.717, 1.165) is 44.4 Å². The molecule has 0 unspecified atom stereocenters. The predicted molar refractivity (Wildman–Crippen MR) is 113 cm³/mol. The minimum Gasteiger partial charge on any atom is -0.379 e. The van der Waals surface area contributed by atoms with Gasteiger partial charge < -0.3 is 20.7 Å². The Morgan fingerprint density at radius 1 is 1.14 bits per heavy atom. The predicted octanol–water partition coefficient (Wildman–Crippen LogP) is 1.36. The number of carbonyl (C=O) groups excluding carboxylic acids is 1. The molecule has 1 aliphatic rings. The third kappa shape index (κ3) is 7.86. The zero-order chi connectivity index (χ0) is 20.2. The molecule has 1 heterocycles. The van der Waals surface area contributed by atoms with Crippen LogP contribution in [0.1, 0.15) is 32.8 Å². The van der Waals surface area contributed by atoms with Crippen LogP contribution in [0.4, 0.5) is 0 Å². The van der Waals surface area contributed by atoms with Crippen molar-refractivity contribution in [2.24, 2.45) is 4.99 Å². The van der Waals surface area contributed by atoms with Crippen molar-refractivity contribution in [3.8, 4) is 0 Å². The van der Waals surface area contributed by atoms with Crippen molar-refractivity contribution in [2.75, 3.05) is 45.9 Å². The van der Waals surface area contributed by atoms with Gasteiger partial charge in [-0.25, -0.2) is 0 Å². The lowest BCUT2D eigenvalue weighted by Gasteiger charge is -2.39. The first-order chi connectivity index (χ1) is 13.5. The molecule has 0 bridgehead atoms. The Morgan fingerprint density at radius 3 is 2.54 bits per heavy atom. The maximum absolute atomic E-state index is 12.0. The van der Waals surface area contributed by atoms with E-state index in [0.29, 0.717) is 26.1 Å². The summed E-state index contributed by atoms with van der Waals surface area (Å²) in [6.45, 7) is 12.5. The first kappa shape index (κ1) is 22.2. The van der Waals surface area contributed by atoms with E-state index in [1.807, 2.05) is 37.3 Å². The van der Waals surface area contributed by atoms with Crippen LogP contribution in [0.3, 0.4) is 0 Å². The van der Waals surface area contributed by atoms with Gasteiger partial charge in [0.25, 0.3) is 0 Å². The molecular weight excluding hydrogens is 354 g/mol. The average Bonchev–Trinajstić information content (AvgIpc) is 2.72. The molecule has 3 N–H and O–H groups in total. The van der Waals surface area contributed by atoms with E-state index >= 15 is 0 Å². The molecule has 1 aromatic carbocycles. The molecule has 1 saturated heterocycles. The van der Waals surface area contributed by atoms with Gasteiger partial charge in [0.1, 0.15) is 0 Å². The van der Waals surface area contributed by atoms with Gasteiger partial charge in [-0.1, -0.05) is 30.3 Å². The largest absolute Gasteiger partial charge is 0.379 e. The molecule has 0 saturated carbocycles. The monoisotopic (exact) mass is 389 g/mol. The van der Waals surface area contributed by atoms with Gasteiger partial charge in [0.15, 0.2) is 5.96 Å². The molecule has 1 fully saturated rings. The number of rotatable bonds is 9. The van der Waals surface area contributed by atoms with Gasteiger partial charge in [0.05, 0.1) is 19.8 Å². The summed E-state index contributed by atoms with van der Waals surface area (Å²) in [5, 5.41) is 9.46. The SMILES string of the molecule is CCNC(=NCC(C)(C)N1CCOCC1)NCCC(=O)NCc1ccccc1. The Morgan fingerprint density at radius 2 is 1.86 bits per heavy atom. The molecule has 1 amide bonds. The summed E-state index contributed by atoms with van der Waals surface area (Å²) in [5.41, 5.74) is 1.07. The Balaban J connectivity index is 1.74. The Kier molecular flexibility index (Phi) is 9.23. The van der Waals surface area contributed by atoms with E-state index in [2.05, 4.69) is 34.7 Å². The minimum absolute atomic E-state index is 0.0286. The fraction of sp³-hybridized carbons (Fsp3) is 0.619. The minimum atomic E-state index is -0.0286. The number of ether oxygens (including phenoxy) is 1. The highest BCUT2D eigenvalue weighted by Gasteiger charge is 2.28. The lowest BCUT2D eigenvalue weighted by molar-refractivity contribution is -0.121. The number of nitrogens with one attached hydrogen (secondary N) is 3. The molecule has 1 aliphatic heterocycles. The summed E-state index contributed by atoms with van der Waals surface area (Å²) in [6.07, 6.45) is 0.407. The number of hydrogen-bond acceptors (Lipinski definition) is 4. The van der Waals surface area contributed by atoms with Gasteiger partial charge in [0, 0.05) is 44.7 Å². The fourth-order valence-electron chi connectivity index (χ4n) is 3.06. The van der Waals surface area contributed by atoms with Crippen LogP contribution in [-0.4, -0.2) is 68.2 Å². The molecule has 0 aliphatic carbocycles. The van der Waals surface area contributed by atoms with Gasteiger partial charge in [-0.3, -0.25) is 14.7 Å². The van der Waals surface area contributed by atoms with Crippen molar-refractivity contribution in [3.63, 3.8) is 0 Å². The van der Waals surface area contributed by atoms with Crippen LogP contribution in [-0.2, 0) is 16.1 Å². The van der Waals surface area contributed by atoms with Crippen LogP contribution in [0.2, 0.25) is 0 Å². The van der Waals surface area contributed by atoms with Crippen LogP contribution < -0.4 is 16.0 Å². The van der Waals surface area contributed by atoms with E-state index in [-0.39, 0.29) is 11.4 Å². The molecular formula is C21H35N5O2. The normalized spacial score (nSPS) is 15.9. The number of carbonyl (C=O) groups is 1. The highest BCUT2D eigenvalue weighted by atomic mass is 16.5. The fourth-order valence-corrected chi connectivity index (χ4v) is 3.06. The van der Waals surface area contributed by atoms with Crippen LogP contribution in [0.25, 0.3) is 0 Å². The molecule has 2 rings (SSSR count). The van der Waals surface area contributed by atoms with E-state index in [4.69, 9.17) is 9.73 Å². The van der Waals surface area contributed by atoms with Gasteiger partial charge in [-0.15, -0.1) is 0 Å². The van der Waals surface area contributed by atoms with E-state index in [1.54, 1.807) is 0 Å². The van der Waals surface area contributed by atoms with Crippen molar-refractivity contribution in [1.82, 2.24) is 20.9 Å². The standard InChI is InChI=1S/C21H35N5O2/c1-4-22-20(25-17-21(2,3)26-12-14-28-15-13-26)23-11-10-19(27)24-16-18-8-6-5-7-9-18/h5-9H,4,10-17H2,1-3H3,(H,24,27)(H2,22,23,25). The van der Waals surface area contributed by atoms with E-state index in [1.165, 1.54) is 0 Å². The van der Waals surface area contributed by atoms with E-state index < -0.39 is 0 Å². The number of amides is 1. The molecule has 0 radical (unpaired) electrons. The Labute approximate surface area is 168 Å². The summed E-state index contributed by atoms with van der Waals surface area (Å²) in [4.78, 5) is 19.2. The number of morpholine rings is 1. The molecule has 7 heteroatoms. The smallest absolute Gasteiger partial charge is 0.222 e. The lowest BCUT2D eigenvalue weighted by Crippen LogP contribution is -2.52.